The average Bonchev–Trinajstić information content (AvgIpc) is 2.52. The van der Waals surface area contributed by atoms with Crippen molar-refractivity contribution in [2.75, 3.05) is 12.4 Å². The van der Waals surface area contributed by atoms with Gasteiger partial charge in [0.2, 0.25) is 0 Å². The van der Waals surface area contributed by atoms with Crippen molar-refractivity contribution >= 4 is 11.3 Å². The van der Waals surface area contributed by atoms with Gasteiger partial charge in [-0.25, -0.2) is 0 Å². The van der Waals surface area contributed by atoms with Gasteiger partial charge in [0, 0.05) is 18.4 Å². The van der Waals surface area contributed by atoms with Gasteiger partial charge in [-0.2, -0.15) is 5.26 Å². The van der Waals surface area contributed by atoms with E-state index in [0.717, 1.165) is 24.1 Å². The molecule has 1 heterocycles. The molecule has 0 fully saturated rings. The number of nitrogens with zero attached hydrogens (tertiary/aromatic N) is 1. The van der Waals surface area contributed by atoms with Crippen molar-refractivity contribution in [2.24, 2.45) is 0 Å². The number of rotatable bonds is 2. The van der Waals surface area contributed by atoms with Crippen LogP contribution >= 0.6 is 0 Å². The number of benzene rings is 1. The molecule has 1 aromatic carbocycles. The maximum atomic E-state index is 9.07. The highest BCUT2D eigenvalue weighted by atomic mass is 16.5. The maximum absolute atomic E-state index is 9.07. The molecule has 20 heavy (non-hydrogen) atoms. The molecule has 1 aromatic rings. The van der Waals surface area contributed by atoms with Crippen LogP contribution in [0.3, 0.4) is 0 Å². The predicted octanol–water partition coefficient (Wildman–Crippen LogP) is 4.04. The Labute approximate surface area is 120 Å². The molecule has 1 aliphatic carbocycles. The Morgan fingerprint density at radius 2 is 2.15 bits per heavy atom. The van der Waals surface area contributed by atoms with Gasteiger partial charge in [-0.15, -0.1) is 0 Å². The number of anilines is 1. The molecule has 2 aliphatic rings. The molecule has 1 aliphatic heterocycles. The summed E-state index contributed by atoms with van der Waals surface area (Å²) < 4.78 is 5.61. The van der Waals surface area contributed by atoms with Gasteiger partial charge in [-0.3, -0.25) is 0 Å². The Hall–Kier alpha value is -1.79. The summed E-state index contributed by atoms with van der Waals surface area (Å²) in [7, 11) is 1.75. The molecule has 0 bridgehead atoms. The quantitative estimate of drug-likeness (QED) is 0.880. The third kappa shape index (κ3) is 2.10. The zero-order valence-corrected chi connectivity index (χ0v) is 12.1. The molecule has 0 saturated heterocycles. The molecule has 1 N–H and O–H groups in total. The lowest BCUT2D eigenvalue weighted by molar-refractivity contribution is 0.149. The van der Waals surface area contributed by atoms with Crippen LogP contribution in [0.1, 0.15) is 49.7 Å². The van der Waals surface area contributed by atoms with E-state index in [-0.39, 0.29) is 12.1 Å². The van der Waals surface area contributed by atoms with Crippen molar-refractivity contribution in [3.05, 3.63) is 34.9 Å². The van der Waals surface area contributed by atoms with Crippen molar-refractivity contribution in [3.8, 4) is 6.07 Å². The minimum atomic E-state index is -0.0789. The van der Waals surface area contributed by atoms with Crippen LogP contribution in [0.15, 0.2) is 23.8 Å². The number of methoxy groups -OCH3 is 1. The molecule has 0 amide bonds. The van der Waals surface area contributed by atoms with Crippen molar-refractivity contribution in [1.29, 1.82) is 5.26 Å². The lowest BCUT2D eigenvalue weighted by Crippen LogP contribution is -2.30. The molecule has 2 unspecified atom stereocenters. The van der Waals surface area contributed by atoms with Crippen molar-refractivity contribution in [3.63, 3.8) is 0 Å². The fourth-order valence-electron chi connectivity index (χ4n) is 3.24. The molecule has 0 radical (unpaired) electrons. The van der Waals surface area contributed by atoms with Crippen molar-refractivity contribution in [1.82, 2.24) is 0 Å². The molecule has 2 atom stereocenters. The standard InChI is InChI=1S/C17H20N2O/c1-11(10-18)12-7-8-14-13-5-3-4-6-15(13)17(20-2)19-16(14)9-12/h7-9,11,17,19H,3-6H2,1-2H3. The molecular formula is C17H20N2O. The number of nitrogens with one attached hydrogen (secondary N) is 1. The fourth-order valence-corrected chi connectivity index (χ4v) is 3.24. The Bertz CT molecular complexity index is 597. The topological polar surface area (TPSA) is 45.0 Å². The van der Waals surface area contributed by atoms with Crippen molar-refractivity contribution < 1.29 is 4.74 Å². The summed E-state index contributed by atoms with van der Waals surface area (Å²) in [5, 5.41) is 12.5. The Kier molecular flexibility index (Phi) is 3.50. The summed E-state index contributed by atoms with van der Waals surface area (Å²) in [4.78, 5) is 0. The summed E-state index contributed by atoms with van der Waals surface area (Å²) in [6.45, 7) is 1.93. The van der Waals surface area contributed by atoms with E-state index in [2.05, 4.69) is 29.6 Å². The van der Waals surface area contributed by atoms with E-state index in [1.165, 1.54) is 29.6 Å². The van der Waals surface area contributed by atoms with Gasteiger partial charge in [0.15, 0.2) is 0 Å². The van der Waals surface area contributed by atoms with Crippen LogP contribution in [0.2, 0.25) is 0 Å². The minimum Gasteiger partial charge on any atom is -0.358 e. The van der Waals surface area contributed by atoms with Gasteiger partial charge < -0.3 is 10.1 Å². The van der Waals surface area contributed by atoms with E-state index >= 15 is 0 Å². The van der Waals surface area contributed by atoms with E-state index in [9.17, 15) is 0 Å². The number of ether oxygens (including phenoxy) is 1. The molecule has 3 rings (SSSR count). The van der Waals surface area contributed by atoms with Gasteiger partial charge in [-0.1, -0.05) is 12.1 Å². The molecule has 0 saturated carbocycles. The van der Waals surface area contributed by atoms with Crippen LogP contribution in [0.25, 0.3) is 5.57 Å². The summed E-state index contributed by atoms with van der Waals surface area (Å²) in [6, 6.07) is 8.65. The van der Waals surface area contributed by atoms with E-state index < -0.39 is 0 Å². The normalized spacial score (nSPS) is 22.4. The second-order valence-electron chi connectivity index (χ2n) is 5.63. The van der Waals surface area contributed by atoms with Crippen LogP contribution in [0.4, 0.5) is 5.69 Å². The van der Waals surface area contributed by atoms with Crippen LogP contribution < -0.4 is 5.32 Å². The first-order chi connectivity index (χ1) is 9.74. The summed E-state index contributed by atoms with van der Waals surface area (Å²) in [6.07, 6.45) is 4.75. The predicted molar refractivity (Wildman–Crippen MR) is 80.3 cm³/mol. The highest BCUT2D eigenvalue weighted by Gasteiger charge is 2.28. The zero-order chi connectivity index (χ0) is 14.1. The summed E-state index contributed by atoms with van der Waals surface area (Å²) >= 11 is 0. The minimum absolute atomic E-state index is 0.00885. The molecule has 104 valence electrons. The number of fused-ring (bicyclic) bond motifs is 2. The summed E-state index contributed by atoms with van der Waals surface area (Å²) in [5.74, 6) is -0.0789. The third-order valence-corrected chi connectivity index (χ3v) is 4.41. The number of nitriles is 1. The highest BCUT2D eigenvalue weighted by Crippen LogP contribution is 2.42. The van der Waals surface area contributed by atoms with Gasteiger partial charge >= 0.3 is 0 Å². The first-order valence-electron chi connectivity index (χ1n) is 7.29. The second kappa shape index (κ2) is 5.30. The third-order valence-electron chi connectivity index (χ3n) is 4.41. The van der Waals surface area contributed by atoms with Gasteiger partial charge in [-0.05, 0) is 55.4 Å². The van der Waals surface area contributed by atoms with E-state index in [1.807, 2.05) is 6.92 Å². The molecule has 0 spiro atoms. The van der Waals surface area contributed by atoms with Crippen LogP contribution in [0, 0.1) is 11.3 Å². The average molecular weight is 268 g/mol. The SMILES string of the molecule is COC1Nc2cc(C(C)C#N)ccc2C2=C1CCCC2. The van der Waals surface area contributed by atoms with Crippen molar-refractivity contribution in [2.45, 2.75) is 44.8 Å². The molecule has 3 nitrogen and oxygen atoms in total. The Morgan fingerprint density at radius 3 is 2.90 bits per heavy atom. The van der Waals surface area contributed by atoms with E-state index in [1.54, 1.807) is 7.11 Å². The molecular weight excluding hydrogens is 248 g/mol. The zero-order valence-electron chi connectivity index (χ0n) is 12.1. The van der Waals surface area contributed by atoms with Gasteiger partial charge in [0.05, 0.1) is 12.0 Å². The van der Waals surface area contributed by atoms with Crippen LogP contribution in [-0.2, 0) is 4.74 Å². The maximum Gasteiger partial charge on any atom is 0.150 e. The Balaban J connectivity index is 2.07. The van der Waals surface area contributed by atoms with Gasteiger partial charge in [0.1, 0.15) is 6.23 Å². The van der Waals surface area contributed by atoms with Crippen LogP contribution in [-0.4, -0.2) is 13.3 Å². The monoisotopic (exact) mass is 268 g/mol. The smallest absolute Gasteiger partial charge is 0.150 e. The fraction of sp³-hybridized carbons (Fsp3) is 0.471. The Morgan fingerprint density at radius 1 is 1.35 bits per heavy atom. The lowest BCUT2D eigenvalue weighted by Gasteiger charge is -2.34. The first-order valence-corrected chi connectivity index (χ1v) is 7.29. The summed E-state index contributed by atoms with van der Waals surface area (Å²) in [5.41, 5.74) is 6.33. The van der Waals surface area contributed by atoms with E-state index in [4.69, 9.17) is 10.00 Å². The highest BCUT2D eigenvalue weighted by molar-refractivity contribution is 5.83. The lowest BCUT2D eigenvalue weighted by atomic mass is 9.82. The number of allylic oxidation sites excluding steroid dienone is 1. The van der Waals surface area contributed by atoms with Crippen LogP contribution in [0.5, 0.6) is 0 Å². The largest absolute Gasteiger partial charge is 0.358 e. The molecule has 3 heteroatoms. The number of hydrogen-bond donors (Lipinski definition) is 1. The first kappa shape index (κ1) is 13.2. The van der Waals surface area contributed by atoms with E-state index in [0.29, 0.717) is 0 Å². The molecule has 0 aromatic heterocycles. The second-order valence-corrected chi connectivity index (χ2v) is 5.63. The number of hydrogen-bond acceptors (Lipinski definition) is 3. The van der Waals surface area contributed by atoms with Gasteiger partial charge in [0.25, 0.3) is 0 Å².